The molecule has 0 radical (unpaired) electrons. The Balaban J connectivity index is 2.31. The van der Waals surface area contributed by atoms with Crippen molar-refractivity contribution in [2.75, 3.05) is 0 Å². The fraction of sp³-hybridized carbons (Fsp3) is 0. The van der Waals surface area contributed by atoms with E-state index >= 15 is 0 Å². The number of hydrogen-bond donors (Lipinski definition) is 0. The van der Waals surface area contributed by atoms with Crippen LogP contribution in [0.4, 0.5) is 0 Å². The summed E-state index contributed by atoms with van der Waals surface area (Å²) in [5, 5.41) is 19.0. The lowest BCUT2D eigenvalue weighted by Crippen LogP contribution is -1.88. The zero-order valence-electron chi connectivity index (χ0n) is 8.16. The molecular weight excluding hydrogens is 220 g/mol. The maximum Gasteiger partial charge on any atom is 0.178 e. The molecule has 0 unspecified atom stereocenters. The van der Waals surface area contributed by atoms with E-state index < -0.39 is 0 Å². The molecule has 3 heterocycles. The van der Waals surface area contributed by atoms with Gasteiger partial charge in [0, 0.05) is 6.20 Å². The normalized spacial score (nSPS) is 10.4. The van der Waals surface area contributed by atoms with Crippen molar-refractivity contribution in [1.29, 1.82) is 5.26 Å². The number of pyridine rings is 1. The fourth-order valence-electron chi connectivity index (χ4n) is 1.53. The second-order valence-corrected chi connectivity index (χ2v) is 4.21. The van der Waals surface area contributed by atoms with Crippen molar-refractivity contribution in [3.05, 3.63) is 41.4 Å². The molecule has 0 fully saturated rings. The van der Waals surface area contributed by atoms with Crippen molar-refractivity contribution in [3.63, 3.8) is 0 Å². The molecule has 0 saturated heterocycles. The summed E-state index contributed by atoms with van der Waals surface area (Å²) in [5.74, 6) is 0.780. The van der Waals surface area contributed by atoms with E-state index in [0.29, 0.717) is 5.56 Å². The molecule has 0 aromatic carbocycles. The molecule has 5 heteroatoms. The SMILES string of the molecule is N#Cc1ccc2nnc(-c3cccs3)n2c1. The summed E-state index contributed by atoms with van der Waals surface area (Å²) in [5.41, 5.74) is 1.35. The van der Waals surface area contributed by atoms with E-state index in [1.165, 1.54) is 0 Å². The lowest BCUT2D eigenvalue weighted by molar-refractivity contribution is 1.12. The molecule has 0 aliphatic carbocycles. The lowest BCUT2D eigenvalue weighted by Gasteiger charge is -1.96. The van der Waals surface area contributed by atoms with Crippen LogP contribution in [-0.2, 0) is 0 Å². The van der Waals surface area contributed by atoms with Crippen LogP contribution >= 0.6 is 11.3 Å². The summed E-state index contributed by atoms with van der Waals surface area (Å²) in [6.07, 6.45) is 1.75. The minimum absolute atomic E-state index is 0.602. The van der Waals surface area contributed by atoms with Crippen LogP contribution in [0.2, 0.25) is 0 Å². The minimum Gasteiger partial charge on any atom is -0.280 e. The van der Waals surface area contributed by atoms with Gasteiger partial charge in [-0.3, -0.25) is 4.40 Å². The van der Waals surface area contributed by atoms with Crippen LogP contribution in [0.1, 0.15) is 5.56 Å². The van der Waals surface area contributed by atoms with Gasteiger partial charge in [0.25, 0.3) is 0 Å². The molecule has 3 aromatic rings. The number of thiophene rings is 1. The van der Waals surface area contributed by atoms with E-state index in [1.54, 1.807) is 29.7 Å². The monoisotopic (exact) mass is 226 g/mol. The summed E-state index contributed by atoms with van der Waals surface area (Å²) in [4.78, 5) is 1.04. The Kier molecular flexibility index (Phi) is 1.95. The van der Waals surface area contributed by atoms with Gasteiger partial charge in [0.1, 0.15) is 6.07 Å². The van der Waals surface area contributed by atoms with Gasteiger partial charge in [-0.2, -0.15) is 5.26 Å². The van der Waals surface area contributed by atoms with Crippen LogP contribution in [-0.4, -0.2) is 14.6 Å². The second kappa shape index (κ2) is 3.43. The topological polar surface area (TPSA) is 54.0 Å². The van der Waals surface area contributed by atoms with Crippen LogP contribution in [0.3, 0.4) is 0 Å². The Morgan fingerprint density at radius 3 is 2.94 bits per heavy atom. The number of hydrogen-bond acceptors (Lipinski definition) is 4. The zero-order valence-corrected chi connectivity index (χ0v) is 8.98. The van der Waals surface area contributed by atoms with E-state index in [-0.39, 0.29) is 0 Å². The maximum absolute atomic E-state index is 8.85. The number of nitriles is 1. The first-order chi connectivity index (χ1) is 7.88. The van der Waals surface area contributed by atoms with Gasteiger partial charge in [0.2, 0.25) is 0 Å². The summed E-state index contributed by atoms with van der Waals surface area (Å²) >= 11 is 1.60. The van der Waals surface area contributed by atoms with E-state index in [4.69, 9.17) is 5.26 Å². The number of nitrogens with zero attached hydrogens (tertiary/aromatic N) is 4. The van der Waals surface area contributed by atoms with Crippen LogP contribution in [0.5, 0.6) is 0 Å². The predicted molar refractivity (Wildman–Crippen MR) is 61.0 cm³/mol. The largest absolute Gasteiger partial charge is 0.280 e. The molecule has 3 aromatic heterocycles. The van der Waals surface area contributed by atoms with E-state index in [9.17, 15) is 0 Å². The van der Waals surface area contributed by atoms with Gasteiger partial charge in [-0.05, 0) is 23.6 Å². The van der Waals surface area contributed by atoms with Crippen molar-refractivity contribution < 1.29 is 0 Å². The van der Waals surface area contributed by atoms with E-state index in [1.807, 2.05) is 21.9 Å². The number of fused-ring (bicyclic) bond motifs is 1. The highest BCUT2D eigenvalue weighted by atomic mass is 32.1. The van der Waals surface area contributed by atoms with Gasteiger partial charge < -0.3 is 0 Å². The Morgan fingerprint density at radius 2 is 2.19 bits per heavy atom. The summed E-state index contributed by atoms with van der Waals surface area (Å²) in [6, 6.07) is 9.59. The quantitative estimate of drug-likeness (QED) is 0.640. The fourth-order valence-corrected chi connectivity index (χ4v) is 2.24. The Labute approximate surface area is 95.4 Å². The minimum atomic E-state index is 0.602. The summed E-state index contributed by atoms with van der Waals surface area (Å²) < 4.78 is 1.84. The van der Waals surface area contributed by atoms with Crippen molar-refractivity contribution in [3.8, 4) is 16.8 Å². The summed E-state index contributed by atoms with van der Waals surface area (Å²) in [6.45, 7) is 0. The third-order valence-electron chi connectivity index (χ3n) is 2.27. The number of rotatable bonds is 1. The zero-order chi connectivity index (χ0) is 11.0. The molecular formula is C11H6N4S. The van der Waals surface area contributed by atoms with Gasteiger partial charge in [-0.1, -0.05) is 6.07 Å². The van der Waals surface area contributed by atoms with E-state index in [0.717, 1.165) is 16.3 Å². The van der Waals surface area contributed by atoms with Gasteiger partial charge in [0.15, 0.2) is 11.5 Å². The molecule has 3 rings (SSSR count). The predicted octanol–water partition coefficient (Wildman–Crippen LogP) is 2.33. The highest BCUT2D eigenvalue weighted by Gasteiger charge is 2.08. The standard InChI is InChI=1S/C11H6N4S/c12-6-8-3-4-10-13-14-11(15(10)7-8)9-2-1-5-16-9/h1-5,7H. The number of aromatic nitrogens is 3. The first-order valence-electron chi connectivity index (χ1n) is 4.67. The Hall–Kier alpha value is -2.19. The molecule has 0 saturated carbocycles. The molecule has 0 amide bonds. The molecule has 4 nitrogen and oxygen atoms in total. The highest BCUT2D eigenvalue weighted by molar-refractivity contribution is 7.13. The van der Waals surface area contributed by atoms with Crippen LogP contribution in [0.15, 0.2) is 35.8 Å². The molecule has 0 aliphatic heterocycles. The molecule has 0 atom stereocenters. The lowest BCUT2D eigenvalue weighted by atomic mass is 10.3. The van der Waals surface area contributed by atoms with Gasteiger partial charge in [-0.15, -0.1) is 21.5 Å². The first-order valence-corrected chi connectivity index (χ1v) is 5.55. The third-order valence-corrected chi connectivity index (χ3v) is 3.14. The Bertz CT molecular complexity index is 676. The van der Waals surface area contributed by atoms with Gasteiger partial charge in [0.05, 0.1) is 10.4 Å². The molecule has 0 bridgehead atoms. The van der Waals surface area contributed by atoms with Gasteiger partial charge >= 0.3 is 0 Å². The van der Waals surface area contributed by atoms with Crippen molar-refractivity contribution in [1.82, 2.24) is 14.6 Å². The molecule has 76 valence electrons. The third kappa shape index (κ3) is 1.28. The average Bonchev–Trinajstić information content (AvgIpc) is 2.96. The van der Waals surface area contributed by atoms with Crippen LogP contribution in [0, 0.1) is 11.3 Å². The molecule has 0 N–H and O–H groups in total. The van der Waals surface area contributed by atoms with Crippen LogP contribution in [0.25, 0.3) is 16.3 Å². The first kappa shape index (κ1) is 9.07. The highest BCUT2D eigenvalue weighted by Crippen LogP contribution is 2.23. The van der Waals surface area contributed by atoms with Crippen molar-refractivity contribution >= 4 is 17.0 Å². The average molecular weight is 226 g/mol. The molecule has 0 aliphatic rings. The smallest absolute Gasteiger partial charge is 0.178 e. The summed E-state index contributed by atoms with van der Waals surface area (Å²) in [7, 11) is 0. The van der Waals surface area contributed by atoms with Crippen molar-refractivity contribution in [2.45, 2.75) is 0 Å². The molecule has 16 heavy (non-hydrogen) atoms. The van der Waals surface area contributed by atoms with Crippen molar-refractivity contribution in [2.24, 2.45) is 0 Å². The molecule has 0 spiro atoms. The Morgan fingerprint density at radius 1 is 1.25 bits per heavy atom. The second-order valence-electron chi connectivity index (χ2n) is 3.26. The van der Waals surface area contributed by atoms with Gasteiger partial charge in [-0.25, -0.2) is 0 Å². The van der Waals surface area contributed by atoms with E-state index in [2.05, 4.69) is 16.3 Å². The maximum atomic E-state index is 8.85. The van der Waals surface area contributed by atoms with Crippen LogP contribution < -0.4 is 0 Å².